The third-order valence-electron chi connectivity index (χ3n) is 3.80. The van der Waals surface area contributed by atoms with E-state index in [1.165, 1.54) is 6.07 Å². The number of nitrogens with zero attached hydrogens (tertiary/aromatic N) is 1. The number of halogens is 5. The van der Waals surface area contributed by atoms with E-state index in [1.54, 1.807) is 0 Å². The summed E-state index contributed by atoms with van der Waals surface area (Å²) in [6, 6.07) is 7.18. The van der Waals surface area contributed by atoms with Gasteiger partial charge < -0.3 is 9.84 Å². The maximum absolute atomic E-state index is 14.4. The van der Waals surface area contributed by atoms with E-state index in [-0.39, 0.29) is 0 Å². The number of aliphatic hydroxyl groups is 1. The van der Waals surface area contributed by atoms with Crippen molar-refractivity contribution in [1.82, 2.24) is 0 Å². The number of ether oxygens (including phenoxy) is 1. The van der Waals surface area contributed by atoms with Crippen LogP contribution in [-0.2, 0) is 5.60 Å². The number of rotatable bonds is 5. The number of hydrogen-bond donors (Lipinski definition) is 1. The van der Waals surface area contributed by atoms with Gasteiger partial charge in [0, 0.05) is 17.7 Å². The Morgan fingerprint density at radius 2 is 1.54 bits per heavy atom. The zero-order chi connectivity index (χ0) is 19.8. The zero-order valence-corrected chi connectivity index (χ0v) is 13.1. The van der Waals surface area contributed by atoms with Crippen LogP contribution in [-0.4, -0.2) is 29.2 Å². The van der Waals surface area contributed by atoms with Gasteiger partial charge in [0.05, 0.1) is 12.0 Å². The molecule has 1 atom stereocenters. The summed E-state index contributed by atoms with van der Waals surface area (Å²) in [5.74, 6) is -6.03. The number of nitro benzene ring substituents is 1. The van der Waals surface area contributed by atoms with Crippen LogP contribution in [0.3, 0.4) is 0 Å². The van der Waals surface area contributed by atoms with Gasteiger partial charge in [-0.15, -0.1) is 0 Å². The molecule has 0 bridgehead atoms. The molecule has 0 fully saturated rings. The number of methoxy groups -OCH3 is 1. The molecule has 0 aliphatic heterocycles. The van der Waals surface area contributed by atoms with Crippen LogP contribution in [0.2, 0.25) is 0 Å². The van der Waals surface area contributed by atoms with Crippen molar-refractivity contribution in [2.75, 3.05) is 7.11 Å². The standard InChI is InChI=1S/C16H12F5NO4/c1-26-13-5-3-2-4-12(13)14(23,15(17,18)16(19,20)21)10-6-8-11(9-7-10)22(24)25/h2-9,23H,1H3. The Bertz CT molecular complexity index is 807. The van der Waals surface area contributed by atoms with E-state index in [4.69, 9.17) is 4.74 Å². The minimum absolute atomic E-state index is 0.405. The lowest BCUT2D eigenvalue weighted by Crippen LogP contribution is -2.55. The van der Waals surface area contributed by atoms with Crippen molar-refractivity contribution in [3.63, 3.8) is 0 Å². The number of hydrogen-bond acceptors (Lipinski definition) is 4. The number of non-ortho nitro benzene ring substituents is 1. The number of alkyl halides is 5. The van der Waals surface area contributed by atoms with E-state index in [2.05, 4.69) is 0 Å². The highest BCUT2D eigenvalue weighted by atomic mass is 19.4. The van der Waals surface area contributed by atoms with Crippen molar-refractivity contribution in [2.45, 2.75) is 17.7 Å². The van der Waals surface area contributed by atoms with Gasteiger partial charge in [0.25, 0.3) is 5.69 Å². The van der Waals surface area contributed by atoms with Gasteiger partial charge in [0.2, 0.25) is 0 Å². The Balaban J connectivity index is 2.80. The lowest BCUT2D eigenvalue weighted by molar-refractivity contribution is -0.384. The fourth-order valence-corrected chi connectivity index (χ4v) is 2.48. The van der Waals surface area contributed by atoms with Crippen LogP contribution < -0.4 is 4.74 Å². The first-order valence-corrected chi connectivity index (χ1v) is 7.02. The fraction of sp³-hybridized carbons (Fsp3) is 0.250. The molecular weight excluding hydrogens is 365 g/mol. The third-order valence-corrected chi connectivity index (χ3v) is 3.80. The molecule has 140 valence electrons. The van der Waals surface area contributed by atoms with Crippen LogP contribution in [0.15, 0.2) is 48.5 Å². The summed E-state index contributed by atoms with van der Waals surface area (Å²) in [4.78, 5) is 9.83. The molecule has 0 aliphatic rings. The smallest absolute Gasteiger partial charge is 0.457 e. The highest BCUT2D eigenvalue weighted by Gasteiger charge is 2.71. The Hall–Kier alpha value is -2.75. The molecule has 0 aliphatic carbocycles. The monoisotopic (exact) mass is 377 g/mol. The normalized spacial score (nSPS) is 14.6. The second-order valence-electron chi connectivity index (χ2n) is 5.29. The van der Waals surface area contributed by atoms with Gasteiger partial charge in [-0.05, 0) is 23.8 Å². The van der Waals surface area contributed by atoms with Crippen LogP contribution >= 0.6 is 0 Å². The molecule has 2 aromatic carbocycles. The summed E-state index contributed by atoms with van der Waals surface area (Å²) in [7, 11) is 1.04. The van der Waals surface area contributed by atoms with E-state index in [1.807, 2.05) is 0 Å². The van der Waals surface area contributed by atoms with Gasteiger partial charge >= 0.3 is 12.1 Å². The topological polar surface area (TPSA) is 72.6 Å². The average molecular weight is 377 g/mol. The van der Waals surface area contributed by atoms with Crippen LogP contribution in [0.25, 0.3) is 0 Å². The minimum atomic E-state index is -6.11. The molecule has 0 saturated heterocycles. The van der Waals surface area contributed by atoms with Gasteiger partial charge in [-0.2, -0.15) is 22.0 Å². The Labute approximate surface area is 143 Å². The maximum atomic E-state index is 14.4. The third kappa shape index (κ3) is 2.96. The molecular formula is C16H12F5NO4. The molecule has 2 rings (SSSR count). The predicted octanol–water partition coefficient (Wildman–Crippen LogP) is 4.04. The Morgan fingerprint density at radius 1 is 1.00 bits per heavy atom. The summed E-state index contributed by atoms with van der Waals surface area (Å²) in [6.07, 6.45) is -6.11. The Morgan fingerprint density at radius 3 is 2.00 bits per heavy atom. The molecule has 0 heterocycles. The SMILES string of the molecule is COc1ccccc1C(O)(c1ccc([N+](=O)[O-])cc1)C(F)(F)C(F)(F)F. The second kappa shape index (κ2) is 6.52. The number of nitro groups is 1. The van der Waals surface area contributed by atoms with E-state index >= 15 is 0 Å². The van der Waals surface area contributed by atoms with Gasteiger partial charge in [-0.25, -0.2) is 0 Å². The highest BCUT2D eigenvalue weighted by Crippen LogP contribution is 2.53. The lowest BCUT2D eigenvalue weighted by atomic mass is 9.80. The maximum Gasteiger partial charge on any atom is 0.457 e. The molecule has 0 radical (unpaired) electrons. The number of para-hydroxylation sites is 1. The highest BCUT2D eigenvalue weighted by molar-refractivity contribution is 5.49. The average Bonchev–Trinajstić information content (AvgIpc) is 2.59. The van der Waals surface area contributed by atoms with E-state index in [0.717, 1.165) is 37.4 Å². The van der Waals surface area contributed by atoms with E-state index in [9.17, 15) is 37.2 Å². The predicted molar refractivity (Wildman–Crippen MR) is 80.1 cm³/mol. The van der Waals surface area contributed by atoms with Gasteiger partial charge in [0.1, 0.15) is 5.75 Å². The molecule has 2 aromatic rings. The van der Waals surface area contributed by atoms with Crippen LogP contribution in [0.4, 0.5) is 27.6 Å². The largest absolute Gasteiger partial charge is 0.496 e. The van der Waals surface area contributed by atoms with Crippen molar-refractivity contribution in [3.05, 3.63) is 69.8 Å². The second-order valence-corrected chi connectivity index (χ2v) is 5.29. The molecule has 26 heavy (non-hydrogen) atoms. The molecule has 1 N–H and O–H groups in total. The summed E-state index contributed by atoms with van der Waals surface area (Å²) in [5.41, 5.74) is -6.12. The summed E-state index contributed by atoms with van der Waals surface area (Å²) < 4.78 is 72.8. The van der Waals surface area contributed by atoms with Crippen LogP contribution in [0.1, 0.15) is 11.1 Å². The molecule has 0 aromatic heterocycles. The van der Waals surface area contributed by atoms with Crippen molar-refractivity contribution in [1.29, 1.82) is 0 Å². The number of benzene rings is 2. The van der Waals surface area contributed by atoms with Crippen molar-refractivity contribution < 1.29 is 36.7 Å². The van der Waals surface area contributed by atoms with E-state index < -0.39 is 45.2 Å². The quantitative estimate of drug-likeness (QED) is 0.485. The van der Waals surface area contributed by atoms with Crippen LogP contribution in [0, 0.1) is 10.1 Å². The molecule has 5 nitrogen and oxygen atoms in total. The Kier molecular flexibility index (Phi) is 4.91. The summed E-state index contributed by atoms with van der Waals surface area (Å²) in [6.45, 7) is 0. The van der Waals surface area contributed by atoms with Crippen LogP contribution in [0.5, 0.6) is 5.75 Å². The molecule has 0 amide bonds. The summed E-state index contributed by atoms with van der Waals surface area (Å²) in [5, 5.41) is 21.3. The first-order chi connectivity index (χ1) is 12.0. The van der Waals surface area contributed by atoms with Crippen molar-refractivity contribution in [2.24, 2.45) is 0 Å². The molecule has 10 heteroatoms. The molecule has 0 saturated carbocycles. The first-order valence-electron chi connectivity index (χ1n) is 7.02. The summed E-state index contributed by atoms with van der Waals surface area (Å²) >= 11 is 0. The first kappa shape index (κ1) is 19.6. The van der Waals surface area contributed by atoms with Crippen molar-refractivity contribution in [3.8, 4) is 5.75 Å². The fourth-order valence-electron chi connectivity index (χ4n) is 2.48. The van der Waals surface area contributed by atoms with Gasteiger partial charge in [-0.1, -0.05) is 18.2 Å². The lowest BCUT2D eigenvalue weighted by Gasteiger charge is -2.38. The van der Waals surface area contributed by atoms with Gasteiger partial charge in [0.15, 0.2) is 5.60 Å². The van der Waals surface area contributed by atoms with Crippen molar-refractivity contribution >= 4 is 5.69 Å². The van der Waals surface area contributed by atoms with E-state index in [0.29, 0.717) is 12.1 Å². The molecule has 1 unspecified atom stereocenters. The molecule has 0 spiro atoms. The minimum Gasteiger partial charge on any atom is -0.496 e. The van der Waals surface area contributed by atoms with Gasteiger partial charge in [-0.3, -0.25) is 10.1 Å². The zero-order valence-electron chi connectivity index (χ0n) is 13.1.